The molecule has 2 aromatic heterocycles. The number of anilines is 3. The van der Waals surface area contributed by atoms with Crippen molar-refractivity contribution in [2.24, 2.45) is 7.05 Å². The van der Waals surface area contributed by atoms with Gasteiger partial charge in [0.1, 0.15) is 5.82 Å². The van der Waals surface area contributed by atoms with Crippen LogP contribution in [0.1, 0.15) is 12.0 Å². The Bertz CT molecular complexity index is 870. The fourth-order valence-electron chi connectivity index (χ4n) is 4.09. The summed E-state index contributed by atoms with van der Waals surface area (Å²) in [6.07, 6.45) is 6.04. The summed E-state index contributed by atoms with van der Waals surface area (Å²) in [5, 5.41) is 16.8. The Morgan fingerprint density at radius 2 is 1.93 bits per heavy atom. The van der Waals surface area contributed by atoms with Crippen molar-refractivity contribution in [1.29, 1.82) is 5.26 Å². The molecule has 4 rings (SSSR count). The maximum absolute atomic E-state index is 9.42. The molecule has 0 radical (unpaired) electrons. The first-order valence-corrected chi connectivity index (χ1v) is 9.64. The average Bonchev–Trinajstić information content (AvgIpc) is 3.05. The Balaban J connectivity index is 1.49. The Kier molecular flexibility index (Phi) is 4.91. The van der Waals surface area contributed by atoms with E-state index in [4.69, 9.17) is 4.98 Å². The summed E-state index contributed by atoms with van der Waals surface area (Å²) in [6.45, 7) is 7.83. The van der Waals surface area contributed by atoms with Gasteiger partial charge in [0.15, 0.2) is 0 Å². The van der Waals surface area contributed by atoms with Crippen molar-refractivity contribution < 1.29 is 0 Å². The van der Waals surface area contributed by atoms with Gasteiger partial charge in [-0.1, -0.05) is 0 Å². The molecule has 0 aliphatic carbocycles. The van der Waals surface area contributed by atoms with Crippen molar-refractivity contribution in [3.63, 3.8) is 0 Å². The van der Waals surface area contributed by atoms with Crippen LogP contribution < -0.4 is 10.2 Å². The standard InChI is InChI=1S/C19H27N9/c1-15-10-21-18(23-16-11-22-26(3)12-16)24-17(15)27-13-19(14-27,4-5-20)28-8-6-25(2)7-9-28/h10-12H,4,6-9,13-14H2,1-3H3,(H,21,23,24). The number of likely N-dealkylation sites (N-methyl/N-ethyl adjacent to an activating group) is 1. The van der Waals surface area contributed by atoms with Crippen LogP contribution in [0.2, 0.25) is 0 Å². The number of hydrogen-bond donors (Lipinski definition) is 1. The first kappa shape index (κ1) is 18.7. The Morgan fingerprint density at radius 3 is 2.57 bits per heavy atom. The predicted octanol–water partition coefficient (Wildman–Crippen LogP) is 0.982. The third kappa shape index (κ3) is 3.53. The maximum atomic E-state index is 9.42. The topological polar surface area (TPSA) is 89.1 Å². The Labute approximate surface area is 165 Å². The smallest absolute Gasteiger partial charge is 0.229 e. The van der Waals surface area contributed by atoms with Crippen LogP contribution in [0.15, 0.2) is 18.6 Å². The monoisotopic (exact) mass is 381 g/mol. The van der Waals surface area contributed by atoms with Crippen molar-refractivity contribution in [3.8, 4) is 6.07 Å². The fourth-order valence-corrected chi connectivity index (χ4v) is 4.09. The highest BCUT2D eigenvalue weighted by Gasteiger charge is 2.48. The van der Waals surface area contributed by atoms with Gasteiger partial charge in [-0.15, -0.1) is 0 Å². The molecule has 9 nitrogen and oxygen atoms in total. The normalized spacial score (nSPS) is 19.9. The first-order chi connectivity index (χ1) is 13.5. The summed E-state index contributed by atoms with van der Waals surface area (Å²) in [5.41, 5.74) is 1.84. The molecule has 2 aliphatic heterocycles. The largest absolute Gasteiger partial charge is 0.352 e. The minimum atomic E-state index is -0.0651. The number of nitriles is 1. The molecule has 2 aliphatic rings. The van der Waals surface area contributed by atoms with E-state index in [2.05, 4.69) is 43.2 Å². The predicted molar refractivity (Wildman–Crippen MR) is 108 cm³/mol. The van der Waals surface area contributed by atoms with E-state index < -0.39 is 0 Å². The molecule has 28 heavy (non-hydrogen) atoms. The molecular weight excluding hydrogens is 354 g/mol. The SMILES string of the molecule is Cc1cnc(Nc2cnn(C)c2)nc1N1CC(CC#N)(N2CCN(C)CC2)C1. The number of rotatable bonds is 5. The highest BCUT2D eigenvalue weighted by molar-refractivity contribution is 5.57. The van der Waals surface area contributed by atoms with Gasteiger partial charge in [0.25, 0.3) is 0 Å². The molecular formula is C19H27N9. The van der Waals surface area contributed by atoms with E-state index in [1.165, 1.54) is 0 Å². The molecule has 4 heterocycles. The molecule has 1 N–H and O–H groups in total. The highest BCUT2D eigenvalue weighted by atomic mass is 15.4. The van der Waals surface area contributed by atoms with E-state index in [0.717, 1.165) is 56.3 Å². The second-order valence-electron chi connectivity index (χ2n) is 7.93. The molecule has 9 heteroatoms. The Morgan fingerprint density at radius 1 is 1.18 bits per heavy atom. The molecule has 0 atom stereocenters. The number of piperazine rings is 1. The van der Waals surface area contributed by atoms with Crippen LogP contribution in [0, 0.1) is 18.3 Å². The van der Waals surface area contributed by atoms with Crippen molar-refractivity contribution >= 4 is 17.5 Å². The lowest BCUT2D eigenvalue weighted by Crippen LogP contribution is -2.72. The summed E-state index contributed by atoms with van der Waals surface area (Å²) in [6, 6.07) is 2.42. The summed E-state index contributed by atoms with van der Waals surface area (Å²) < 4.78 is 1.74. The third-order valence-corrected chi connectivity index (χ3v) is 5.76. The summed E-state index contributed by atoms with van der Waals surface area (Å²) in [5.74, 6) is 1.50. The van der Waals surface area contributed by atoms with E-state index in [1.54, 1.807) is 10.9 Å². The molecule has 0 bridgehead atoms. The van der Waals surface area contributed by atoms with Gasteiger partial charge in [0.05, 0.1) is 29.9 Å². The molecule has 0 amide bonds. The van der Waals surface area contributed by atoms with E-state index in [-0.39, 0.29) is 5.54 Å². The number of nitrogens with one attached hydrogen (secondary N) is 1. The van der Waals surface area contributed by atoms with Crippen LogP contribution in [0.5, 0.6) is 0 Å². The van der Waals surface area contributed by atoms with Crippen LogP contribution in [-0.4, -0.2) is 81.4 Å². The quantitative estimate of drug-likeness (QED) is 0.820. The zero-order chi connectivity index (χ0) is 19.7. The van der Waals surface area contributed by atoms with Crippen molar-refractivity contribution in [2.45, 2.75) is 18.9 Å². The molecule has 2 fully saturated rings. The maximum Gasteiger partial charge on any atom is 0.229 e. The average molecular weight is 381 g/mol. The van der Waals surface area contributed by atoms with Crippen LogP contribution >= 0.6 is 0 Å². The van der Waals surface area contributed by atoms with Crippen molar-refractivity contribution in [1.82, 2.24) is 29.5 Å². The third-order valence-electron chi connectivity index (χ3n) is 5.76. The van der Waals surface area contributed by atoms with Crippen LogP contribution in [-0.2, 0) is 7.05 Å². The van der Waals surface area contributed by atoms with Gasteiger partial charge < -0.3 is 15.1 Å². The molecule has 2 aromatic rings. The summed E-state index contributed by atoms with van der Waals surface area (Å²) in [4.78, 5) is 16.2. The van der Waals surface area contributed by atoms with Crippen LogP contribution in [0.3, 0.4) is 0 Å². The van der Waals surface area contributed by atoms with Crippen LogP contribution in [0.25, 0.3) is 0 Å². The van der Waals surface area contributed by atoms with Gasteiger partial charge in [0, 0.05) is 64.3 Å². The first-order valence-electron chi connectivity index (χ1n) is 9.64. The second-order valence-corrected chi connectivity index (χ2v) is 7.93. The molecule has 148 valence electrons. The number of aromatic nitrogens is 4. The molecule has 0 unspecified atom stereocenters. The number of hydrogen-bond acceptors (Lipinski definition) is 8. The fraction of sp³-hybridized carbons (Fsp3) is 0.579. The van der Waals surface area contributed by atoms with E-state index >= 15 is 0 Å². The van der Waals surface area contributed by atoms with Gasteiger partial charge >= 0.3 is 0 Å². The van der Waals surface area contributed by atoms with E-state index in [1.807, 2.05) is 26.4 Å². The number of nitrogens with zero attached hydrogens (tertiary/aromatic N) is 8. The minimum absolute atomic E-state index is 0.0651. The summed E-state index contributed by atoms with van der Waals surface area (Å²) >= 11 is 0. The highest BCUT2D eigenvalue weighted by Crippen LogP contribution is 2.36. The minimum Gasteiger partial charge on any atom is -0.352 e. The van der Waals surface area contributed by atoms with Gasteiger partial charge in [-0.25, -0.2) is 4.98 Å². The lowest BCUT2D eigenvalue weighted by atomic mass is 9.84. The van der Waals surface area contributed by atoms with Gasteiger partial charge in [-0.3, -0.25) is 9.58 Å². The summed E-state index contributed by atoms with van der Waals surface area (Å²) in [7, 11) is 4.03. The lowest BCUT2D eigenvalue weighted by Gasteiger charge is -2.57. The molecule has 0 spiro atoms. The van der Waals surface area contributed by atoms with Gasteiger partial charge in [-0.2, -0.15) is 15.3 Å². The molecule has 0 saturated carbocycles. The molecule has 0 aromatic carbocycles. The van der Waals surface area contributed by atoms with Crippen LogP contribution in [0.4, 0.5) is 17.5 Å². The van der Waals surface area contributed by atoms with E-state index in [0.29, 0.717) is 12.4 Å². The second kappa shape index (κ2) is 7.37. The van der Waals surface area contributed by atoms with Crippen molar-refractivity contribution in [2.75, 3.05) is 56.5 Å². The van der Waals surface area contributed by atoms with Crippen molar-refractivity contribution in [3.05, 3.63) is 24.2 Å². The van der Waals surface area contributed by atoms with Gasteiger partial charge in [-0.05, 0) is 14.0 Å². The number of aryl methyl sites for hydroxylation is 2. The lowest BCUT2D eigenvalue weighted by molar-refractivity contribution is 0.0218. The van der Waals surface area contributed by atoms with E-state index in [9.17, 15) is 5.26 Å². The zero-order valence-corrected chi connectivity index (χ0v) is 16.8. The molecule has 2 saturated heterocycles. The van der Waals surface area contributed by atoms with Gasteiger partial charge in [0.2, 0.25) is 5.95 Å². The zero-order valence-electron chi connectivity index (χ0n) is 16.8. The Hall–Kier alpha value is -2.70.